The Balaban J connectivity index is 1.18. The molecule has 5 unspecified atom stereocenters. The van der Waals surface area contributed by atoms with Crippen molar-refractivity contribution in [2.45, 2.75) is 71.8 Å². The fraction of sp³-hybridized carbons (Fsp3) is 0.545. The third-order valence-corrected chi connectivity index (χ3v) is 10.5. The second-order valence-corrected chi connectivity index (χ2v) is 12.5. The average Bonchev–Trinajstić information content (AvgIpc) is 3.54. The number of ketones is 2. The SMILES string of the molecule is COc1cc(/C=C2\CC3C4CCC5=CC(=O)CCC5(C)C4CCC3(C)C2=O)ccc1OCCCn1ccnc1. The Morgan fingerprint density at radius 3 is 2.74 bits per heavy atom. The van der Waals surface area contributed by atoms with E-state index in [1.165, 1.54) is 5.57 Å². The molecule has 0 amide bonds. The first-order valence-electron chi connectivity index (χ1n) is 14.6. The number of allylic oxidation sites excluding steroid dienone is 2. The standard InChI is InChI=1S/C33H40N2O4/c1-32-11-9-25(36)20-24(32)6-7-26-27(32)10-12-33(2)28(26)19-23(31(33)37)17-22-5-8-29(30(18-22)38-3)39-16-4-14-35-15-13-34-21-35/h5,8,13,15,17-18,20-21,26-28H,4,6-7,9-12,14,16,19H2,1-3H3/b23-17+. The Morgan fingerprint density at radius 2 is 1.95 bits per heavy atom. The zero-order chi connectivity index (χ0) is 27.2. The van der Waals surface area contributed by atoms with E-state index in [4.69, 9.17) is 9.47 Å². The number of aryl methyl sites for hydroxylation is 1. The number of hydrogen-bond donors (Lipinski definition) is 0. The number of carbonyl (C=O) groups excluding carboxylic acids is 2. The van der Waals surface area contributed by atoms with Crippen LogP contribution < -0.4 is 9.47 Å². The van der Waals surface area contributed by atoms with E-state index in [1.807, 2.05) is 41.4 Å². The van der Waals surface area contributed by atoms with Crippen LogP contribution in [0.5, 0.6) is 11.5 Å². The number of rotatable bonds is 7. The van der Waals surface area contributed by atoms with Crippen LogP contribution in [-0.4, -0.2) is 34.8 Å². The molecular formula is C33H40N2O4. The van der Waals surface area contributed by atoms with Gasteiger partial charge in [-0.05, 0) is 104 Å². The van der Waals surface area contributed by atoms with Gasteiger partial charge in [-0.25, -0.2) is 4.98 Å². The van der Waals surface area contributed by atoms with E-state index in [0.717, 1.165) is 68.4 Å². The molecule has 0 spiro atoms. The Morgan fingerprint density at radius 1 is 1.08 bits per heavy atom. The van der Waals surface area contributed by atoms with E-state index in [0.29, 0.717) is 48.1 Å². The fourth-order valence-electron chi connectivity index (χ4n) is 8.30. The van der Waals surface area contributed by atoms with Gasteiger partial charge in [0.25, 0.3) is 0 Å². The van der Waals surface area contributed by atoms with Crippen LogP contribution in [0.15, 0.2) is 54.1 Å². The van der Waals surface area contributed by atoms with Gasteiger partial charge in [0.2, 0.25) is 0 Å². The van der Waals surface area contributed by atoms with Crippen LogP contribution in [0.4, 0.5) is 0 Å². The highest BCUT2D eigenvalue weighted by atomic mass is 16.5. The number of nitrogens with zero attached hydrogens (tertiary/aromatic N) is 2. The lowest BCUT2D eigenvalue weighted by molar-refractivity contribution is -0.130. The van der Waals surface area contributed by atoms with E-state index < -0.39 is 0 Å². The van der Waals surface area contributed by atoms with E-state index in [-0.39, 0.29) is 10.8 Å². The third kappa shape index (κ3) is 4.56. The number of ether oxygens (including phenoxy) is 2. The molecule has 3 saturated carbocycles. The van der Waals surface area contributed by atoms with Crippen molar-refractivity contribution < 1.29 is 19.1 Å². The Labute approximate surface area is 231 Å². The van der Waals surface area contributed by atoms with Gasteiger partial charge in [-0.1, -0.05) is 25.5 Å². The van der Waals surface area contributed by atoms with Crippen LogP contribution >= 0.6 is 0 Å². The van der Waals surface area contributed by atoms with Crippen LogP contribution in [0.3, 0.4) is 0 Å². The van der Waals surface area contributed by atoms with E-state index in [2.05, 4.69) is 24.9 Å². The minimum Gasteiger partial charge on any atom is -0.493 e. The topological polar surface area (TPSA) is 70.4 Å². The van der Waals surface area contributed by atoms with Crippen LogP contribution in [0.25, 0.3) is 6.08 Å². The second kappa shape index (κ2) is 10.1. The summed E-state index contributed by atoms with van der Waals surface area (Å²) in [6.45, 7) is 6.05. The first kappa shape index (κ1) is 26.1. The van der Waals surface area contributed by atoms with Crippen LogP contribution in [0.2, 0.25) is 0 Å². The summed E-state index contributed by atoms with van der Waals surface area (Å²) in [7, 11) is 1.66. The smallest absolute Gasteiger partial charge is 0.165 e. The number of fused-ring (bicyclic) bond motifs is 5. The van der Waals surface area contributed by atoms with Crippen LogP contribution in [0.1, 0.15) is 70.8 Å². The van der Waals surface area contributed by atoms with Crippen molar-refractivity contribution in [3.63, 3.8) is 0 Å². The molecule has 3 fully saturated rings. The van der Waals surface area contributed by atoms with Crippen LogP contribution in [0, 0.1) is 28.6 Å². The Bertz CT molecular complexity index is 1330. The molecule has 206 valence electrons. The third-order valence-electron chi connectivity index (χ3n) is 10.5. The molecule has 4 aliphatic rings. The normalized spacial score (nSPS) is 32.8. The minimum absolute atomic E-state index is 0.121. The molecule has 6 heteroatoms. The lowest BCUT2D eigenvalue weighted by atomic mass is 9.47. The molecule has 1 heterocycles. The number of aromatic nitrogens is 2. The van der Waals surface area contributed by atoms with Gasteiger partial charge in [0.05, 0.1) is 20.0 Å². The van der Waals surface area contributed by atoms with Gasteiger partial charge in [0.15, 0.2) is 23.1 Å². The van der Waals surface area contributed by atoms with Crippen molar-refractivity contribution in [1.29, 1.82) is 0 Å². The van der Waals surface area contributed by atoms with Gasteiger partial charge in [0, 0.05) is 30.8 Å². The van der Waals surface area contributed by atoms with Gasteiger partial charge >= 0.3 is 0 Å². The highest BCUT2D eigenvalue weighted by Gasteiger charge is 2.60. The summed E-state index contributed by atoms with van der Waals surface area (Å²) in [5.41, 5.74) is 3.14. The predicted molar refractivity (Wildman–Crippen MR) is 150 cm³/mol. The number of Topliss-reactive ketones (excluding diaryl/α,β-unsaturated/α-hetero) is 1. The molecule has 39 heavy (non-hydrogen) atoms. The molecule has 0 saturated heterocycles. The summed E-state index contributed by atoms with van der Waals surface area (Å²) < 4.78 is 13.7. The summed E-state index contributed by atoms with van der Waals surface area (Å²) in [5, 5.41) is 0. The van der Waals surface area contributed by atoms with Gasteiger partial charge in [-0.15, -0.1) is 0 Å². The van der Waals surface area contributed by atoms with Gasteiger partial charge in [0.1, 0.15) is 0 Å². The molecule has 1 aromatic heterocycles. The van der Waals surface area contributed by atoms with Gasteiger partial charge in [-0.2, -0.15) is 0 Å². The summed E-state index contributed by atoms with van der Waals surface area (Å²) in [4.78, 5) is 30.1. The molecule has 5 atom stereocenters. The summed E-state index contributed by atoms with van der Waals surface area (Å²) in [6.07, 6.45) is 17.1. The molecule has 0 radical (unpaired) electrons. The molecule has 0 bridgehead atoms. The maximum atomic E-state index is 13.9. The van der Waals surface area contributed by atoms with E-state index in [9.17, 15) is 9.59 Å². The maximum Gasteiger partial charge on any atom is 0.165 e. The highest BCUT2D eigenvalue weighted by Crippen LogP contribution is 2.65. The summed E-state index contributed by atoms with van der Waals surface area (Å²) in [5.74, 6) is 3.53. The quantitative estimate of drug-likeness (QED) is 0.305. The first-order valence-corrected chi connectivity index (χ1v) is 14.6. The Hall–Kier alpha value is -3.15. The lowest BCUT2D eigenvalue weighted by Crippen LogP contribution is -2.50. The first-order chi connectivity index (χ1) is 18.8. The second-order valence-electron chi connectivity index (χ2n) is 12.5. The Kier molecular flexibility index (Phi) is 6.76. The predicted octanol–water partition coefficient (Wildman–Crippen LogP) is 6.46. The largest absolute Gasteiger partial charge is 0.493 e. The van der Waals surface area contributed by atoms with Crippen molar-refractivity contribution in [3.8, 4) is 11.5 Å². The van der Waals surface area contributed by atoms with Crippen molar-refractivity contribution in [2.75, 3.05) is 13.7 Å². The van der Waals surface area contributed by atoms with Gasteiger partial charge < -0.3 is 14.0 Å². The van der Waals surface area contributed by atoms with Crippen molar-refractivity contribution in [1.82, 2.24) is 9.55 Å². The minimum atomic E-state index is -0.280. The zero-order valence-corrected chi connectivity index (χ0v) is 23.4. The highest BCUT2D eigenvalue weighted by molar-refractivity contribution is 6.06. The van der Waals surface area contributed by atoms with Crippen molar-refractivity contribution in [3.05, 3.63) is 59.7 Å². The molecule has 0 aliphatic heterocycles. The number of carbonyl (C=O) groups is 2. The number of imidazole rings is 1. The van der Waals surface area contributed by atoms with Crippen molar-refractivity contribution >= 4 is 17.6 Å². The molecule has 6 nitrogen and oxygen atoms in total. The monoisotopic (exact) mass is 528 g/mol. The number of hydrogen-bond acceptors (Lipinski definition) is 5. The molecule has 4 aliphatic carbocycles. The summed E-state index contributed by atoms with van der Waals surface area (Å²) in [6, 6.07) is 5.96. The number of methoxy groups -OCH3 is 1. The molecular weight excluding hydrogens is 488 g/mol. The molecule has 1 aromatic carbocycles. The molecule has 0 N–H and O–H groups in total. The lowest BCUT2D eigenvalue weighted by Gasteiger charge is -2.56. The maximum absolute atomic E-state index is 13.9. The fourth-order valence-corrected chi connectivity index (χ4v) is 8.30. The van der Waals surface area contributed by atoms with Gasteiger partial charge in [-0.3, -0.25) is 9.59 Å². The molecule has 6 rings (SSSR count). The molecule has 2 aromatic rings. The number of benzene rings is 1. The van der Waals surface area contributed by atoms with E-state index in [1.54, 1.807) is 13.3 Å². The average molecular weight is 529 g/mol. The summed E-state index contributed by atoms with van der Waals surface area (Å²) >= 11 is 0. The van der Waals surface area contributed by atoms with Crippen molar-refractivity contribution in [2.24, 2.45) is 28.6 Å². The van der Waals surface area contributed by atoms with E-state index >= 15 is 0 Å². The van der Waals surface area contributed by atoms with Crippen LogP contribution in [-0.2, 0) is 16.1 Å². The zero-order valence-electron chi connectivity index (χ0n) is 23.4.